The van der Waals surface area contributed by atoms with Crippen LogP contribution in [0.3, 0.4) is 0 Å². The Balaban J connectivity index is 2.03. The van der Waals surface area contributed by atoms with Gasteiger partial charge in [0.1, 0.15) is 0 Å². The minimum Gasteiger partial charge on any atom is -0.359 e. The van der Waals surface area contributed by atoms with Gasteiger partial charge in [-0.3, -0.25) is 9.59 Å². The maximum Gasteiger partial charge on any atom is 0.275 e. The van der Waals surface area contributed by atoms with Gasteiger partial charge in [-0.05, 0) is 0 Å². The van der Waals surface area contributed by atoms with Gasteiger partial charge in [0.05, 0.1) is 0 Å². The van der Waals surface area contributed by atoms with Crippen LogP contribution in [-0.2, 0) is 4.79 Å². The number of rotatable bonds is 5. The van der Waals surface area contributed by atoms with Crippen LogP contribution < -0.4 is 5.32 Å². The number of benzene rings is 1. The van der Waals surface area contributed by atoms with Crippen molar-refractivity contribution < 1.29 is 14.1 Å². The van der Waals surface area contributed by atoms with Gasteiger partial charge in [0.25, 0.3) is 5.91 Å². The minimum absolute atomic E-state index is 0.111. The lowest BCUT2D eigenvalue weighted by molar-refractivity contribution is -0.120. The normalized spacial score (nSPS) is 10.2. The molecule has 1 heterocycles. The first kappa shape index (κ1) is 14.8. The number of hydrogen-bond acceptors (Lipinski definition) is 4. The van der Waals surface area contributed by atoms with E-state index >= 15 is 0 Å². The van der Waals surface area contributed by atoms with Gasteiger partial charge in [-0.2, -0.15) is 0 Å². The molecule has 2 amide bonds. The van der Waals surface area contributed by atoms with Crippen molar-refractivity contribution in [1.82, 2.24) is 15.4 Å². The van der Waals surface area contributed by atoms with E-state index in [0.29, 0.717) is 12.3 Å². The summed E-state index contributed by atoms with van der Waals surface area (Å²) in [5.41, 5.74) is 1.09. The summed E-state index contributed by atoms with van der Waals surface area (Å²) >= 11 is 0. The molecule has 21 heavy (non-hydrogen) atoms. The quantitative estimate of drug-likeness (QED) is 0.905. The van der Waals surface area contributed by atoms with Crippen molar-refractivity contribution in [2.75, 3.05) is 20.6 Å². The van der Waals surface area contributed by atoms with Crippen LogP contribution >= 0.6 is 0 Å². The lowest BCUT2D eigenvalue weighted by atomic mass is 10.1. The molecule has 0 bridgehead atoms. The molecule has 1 aromatic carbocycles. The van der Waals surface area contributed by atoms with E-state index in [1.807, 2.05) is 30.3 Å². The van der Waals surface area contributed by atoms with Gasteiger partial charge in [0.2, 0.25) is 5.91 Å². The molecule has 2 rings (SSSR count). The summed E-state index contributed by atoms with van der Waals surface area (Å²) in [7, 11) is 3.19. The molecule has 0 aliphatic heterocycles. The summed E-state index contributed by atoms with van der Waals surface area (Å²) in [6.45, 7) is 0.325. The lowest BCUT2D eigenvalue weighted by Gasteiger charge is -2.14. The Morgan fingerprint density at radius 1 is 1.29 bits per heavy atom. The molecule has 0 fully saturated rings. The first-order chi connectivity index (χ1) is 10.1. The van der Waals surface area contributed by atoms with Crippen LogP contribution in [0, 0.1) is 0 Å². The third-order valence-electron chi connectivity index (χ3n) is 3.09. The summed E-state index contributed by atoms with van der Waals surface area (Å²) in [5.74, 6) is 0.156. The van der Waals surface area contributed by atoms with Crippen LogP contribution in [-0.4, -0.2) is 42.5 Å². The molecule has 0 aliphatic rings. The van der Waals surface area contributed by atoms with E-state index in [9.17, 15) is 9.59 Å². The van der Waals surface area contributed by atoms with Crippen LogP contribution in [0.5, 0.6) is 0 Å². The predicted molar refractivity (Wildman–Crippen MR) is 77.6 cm³/mol. The second-order valence-electron chi connectivity index (χ2n) is 4.59. The Morgan fingerprint density at radius 3 is 2.67 bits per heavy atom. The van der Waals surface area contributed by atoms with Crippen LogP contribution in [0.4, 0.5) is 0 Å². The van der Waals surface area contributed by atoms with Crippen molar-refractivity contribution in [2.45, 2.75) is 6.42 Å². The maximum atomic E-state index is 12.2. The van der Waals surface area contributed by atoms with Crippen LogP contribution in [0.25, 0.3) is 11.3 Å². The summed E-state index contributed by atoms with van der Waals surface area (Å²) in [5, 5.41) is 6.31. The standard InChI is InChI=1S/C15H17N3O3/c1-16-14(19)8-9-18(2)15(20)12-10-13(21-17-12)11-6-4-3-5-7-11/h3-7,10H,8-9H2,1-2H3,(H,16,19). The fraction of sp³-hybridized carbons (Fsp3) is 0.267. The smallest absolute Gasteiger partial charge is 0.275 e. The molecule has 0 aliphatic carbocycles. The fourth-order valence-corrected chi connectivity index (χ4v) is 1.81. The molecule has 6 heteroatoms. The Labute approximate surface area is 122 Å². The largest absolute Gasteiger partial charge is 0.359 e. The second-order valence-corrected chi connectivity index (χ2v) is 4.59. The molecule has 0 radical (unpaired) electrons. The zero-order valence-corrected chi connectivity index (χ0v) is 12.0. The highest BCUT2D eigenvalue weighted by atomic mass is 16.5. The number of aromatic nitrogens is 1. The average Bonchev–Trinajstić information content (AvgIpc) is 3.02. The third kappa shape index (κ3) is 3.68. The van der Waals surface area contributed by atoms with E-state index in [0.717, 1.165) is 5.56 Å². The topological polar surface area (TPSA) is 75.4 Å². The van der Waals surface area contributed by atoms with Crippen molar-refractivity contribution in [3.63, 3.8) is 0 Å². The number of nitrogens with zero attached hydrogens (tertiary/aromatic N) is 2. The molecule has 110 valence electrons. The zero-order valence-electron chi connectivity index (χ0n) is 12.0. The van der Waals surface area contributed by atoms with E-state index in [4.69, 9.17) is 4.52 Å². The van der Waals surface area contributed by atoms with E-state index in [1.54, 1.807) is 20.2 Å². The number of carbonyl (C=O) groups excluding carboxylic acids is 2. The molecule has 6 nitrogen and oxygen atoms in total. The molecule has 1 aromatic heterocycles. The Kier molecular flexibility index (Phi) is 4.71. The molecule has 0 atom stereocenters. The van der Waals surface area contributed by atoms with Gasteiger partial charge in [-0.15, -0.1) is 0 Å². The van der Waals surface area contributed by atoms with Crippen molar-refractivity contribution in [3.8, 4) is 11.3 Å². The lowest BCUT2D eigenvalue weighted by Crippen LogP contribution is -2.31. The van der Waals surface area contributed by atoms with Gasteiger partial charge < -0.3 is 14.7 Å². The van der Waals surface area contributed by atoms with E-state index in [1.165, 1.54) is 4.90 Å². The van der Waals surface area contributed by atoms with Crippen molar-refractivity contribution in [3.05, 3.63) is 42.1 Å². The van der Waals surface area contributed by atoms with Crippen LogP contribution in [0.15, 0.2) is 40.9 Å². The average molecular weight is 287 g/mol. The van der Waals surface area contributed by atoms with Crippen molar-refractivity contribution >= 4 is 11.8 Å². The van der Waals surface area contributed by atoms with Gasteiger partial charge >= 0.3 is 0 Å². The maximum absolute atomic E-state index is 12.2. The molecule has 0 saturated carbocycles. The fourth-order valence-electron chi connectivity index (χ4n) is 1.81. The van der Waals surface area contributed by atoms with Crippen LogP contribution in [0.1, 0.15) is 16.9 Å². The second kappa shape index (κ2) is 6.69. The minimum atomic E-state index is -0.273. The summed E-state index contributed by atoms with van der Waals surface area (Å²) in [6, 6.07) is 11.0. The first-order valence-electron chi connectivity index (χ1n) is 6.60. The van der Waals surface area contributed by atoms with Gasteiger partial charge in [0.15, 0.2) is 11.5 Å². The van der Waals surface area contributed by atoms with Crippen LogP contribution in [0.2, 0.25) is 0 Å². The molecule has 0 unspecified atom stereocenters. The Morgan fingerprint density at radius 2 is 2.00 bits per heavy atom. The summed E-state index contributed by atoms with van der Waals surface area (Å²) < 4.78 is 5.19. The molecule has 0 spiro atoms. The third-order valence-corrected chi connectivity index (χ3v) is 3.09. The van der Waals surface area contributed by atoms with E-state index < -0.39 is 0 Å². The highest BCUT2D eigenvalue weighted by molar-refractivity contribution is 5.93. The number of carbonyl (C=O) groups is 2. The molecular formula is C15H17N3O3. The first-order valence-corrected chi connectivity index (χ1v) is 6.60. The number of nitrogens with one attached hydrogen (secondary N) is 1. The van der Waals surface area contributed by atoms with Crippen molar-refractivity contribution in [2.24, 2.45) is 0 Å². The van der Waals surface area contributed by atoms with Gasteiger partial charge in [-0.1, -0.05) is 35.5 Å². The monoisotopic (exact) mass is 287 g/mol. The highest BCUT2D eigenvalue weighted by Crippen LogP contribution is 2.20. The highest BCUT2D eigenvalue weighted by Gasteiger charge is 2.18. The Bertz CT molecular complexity index is 622. The van der Waals surface area contributed by atoms with E-state index in [-0.39, 0.29) is 23.9 Å². The summed E-state index contributed by atoms with van der Waals surface area (Å²) in [6.07, 6.45) is 0.252. The molecule has 1 N–H and O–H groups in total. The van der Waals surface area contributed by atoms with Gasteiger partial charge in [0, 0.05) is 38.7 Å². The van der Waals surface area contributed by atoms with Gasteiger partial charge in [-0.25, -0.2) is 0 Å². The van der Waals surface area contributed by atoms with Crippen molar-refractivity contribution in [1.29, 1.82) is 0 Å². The summed E-state index contributed by atoms with van der Waals surface area (Å²) in [4.78, 5) is 24.8. The number of amides is 2. The molecular weight excluding hydrogens is 270 g/mol. The van der Waals surface area contributed by atoms with E-state index in [2.05, 4.69) is 10.5 Å². The molecule has 2 aromatic rings. The number of hydrogen-bond donors (Lipinski definition) is 1. The predicted octanol–water partition coefficient (Wildman–Crippen LogP) is 1.55. The molecule has 0 saturated heterocycles. The SMILES string of the molecule is CNC(=O)CCN(C)C(=O)c1cc(-c2ccccc2)on1. The Hall–Kier alpha value is -2.63. The zero-order chi connectivity index (χ0) is 15.2.